The molecule has 1 unspecified atom stereocenters. The van der Waals surface area contributed by atoms with Crippen molar-refractivity contribution >= 4 is 5.57 Å². The second-order valence-electron chi connectivity index (χ2n) is 7.50. The maximum atomic E-state index is 2.50. The van der Waals surface area contributed by atoms with Crippen LogP contribution in [0.3, 0.4) is 0 Å². The van der Waals surface area contributed by atoms with Gasteiger partial charge in [0.05, 0.1) is 0 Å². The second-order valence-corrected chi connectivity index (χ2v) is 7.50. The monoisotopic (exact) mass is 350 g/mol. The number of fused-ring (bicyclic) bond motifs is 2. The van der Waals surface area contributed by atoms with Gasteiger partial charge in [0, 0.05) is 5.92 Å². The zero-order valence-electron chi connectivity index (χ0n) is 15.9. The Bertz CT molecular complexity index is 921. The predicted molar refractivity (Wildman–Crippen MR) is 116 cm³/mol. The van der Waals surface area contributed by atoms with Gasteiger partial charge in [-0.25, -0.2) is 0 Å². The average Bonchev–Trinajstić information content (AvgIpc) is 2.90. The first-order valence-corrected chi connectivity index (χ1v) is 9.83. The molecule has 4 rings (SSSR count). The van der Waals surface area contributed by atoms with Crippen molar-refractivity contribution in [1.82, 2.24) is 0 Å². The van der Waals surface area contributed by atoms with E-state index in [0.29, 0.717) is 11.8 Å². The SMILES string of the molecule is CC1=C\C=C\C=C2/CC(c3ccccc3)C(c3ccccc3)=C[C@@H](/C=C\1)C2. The van der Waals surface area contributed by atoms with Gasteiger partial charge in [-0.15, -0.1) is 0 Å². The number of rotatable bonds is 2. The normalized spacial score (nSPS) is 28.6. The molecule has 0 heterocycles. The lowest BCUT2D eigenvalue weighted by Gasteiger charge is -2.21. The van der Waals surface area contributed by atoms with Crippen molar-refractivity contribution in [3.63, 3.8) is 0 Å². The van der Waals surface area contributed by atoms with Gasteiger partial charge in [-0.2, -0.15) is 0 Å². The van der Waals surface area contributed by atoms with Crippen molar-refractivity contribution in [2.24, 2.45) is 5.92 Å². The van der Waals surface area contributed by atoms with Crippen LogP contribution in [0.5, 0.6) is 0 Å². The first kappa shape index (κ1) is 17.5. The summed E-state index contributed by atoms with van der Waals surface area (Å²) in [5, 5.41) is 0. The molecule has 27 heavy (non-hydrogen) atoms. The largest absolute Gasteiger partial charge is 0.0770 e. The molecule has 0 saturated heterocycles. The smallest absolute Gasteiger partial charge is 0.0130 e. The molecular formula is C27H26. The molecule has 134 valence electrons. The van der Waals surface area contributed by atoms with Gasteiger partial charge in [0.15, 0.2) is 0 Å². The highest BCUT2D eigenvalue weighted by Crippen LogP contribution is 2.42. The minimum atomic E-state index is 0.390. The highest BCUT2D eigenvalue weighted by Gasteiger charge is 2.24. The van der Waals surface area contributed by atoms with Gasteiger partial charge < -0.3 is 0 Å². The second kappa shape index (κ2) is 8.22. The van der Waals surface area contributed by atoms with E-state index in [9.17, 15) is 0 Å². The van der Waals surface area contributed by atoms with Gasteiger partial charge >= 0.3 is 0 Å². The Morgan fingerprint density at radius 3 is 2.26 bits per heavy atom. The zero-order chi connectivity index (χ0) is 18.5. The molecule has 0 saturated carbocycles. The third kappa shape index (κ3) is 4.28. The van der Waals surface area contributed by atoms with Crippen LogP contribution in [0.25, 0.3) is 5.57 Å². The summed E-state index contributed by atoms with van der Waals surface area (Å²) in [7, 11) is 0. The van der Waals surface area contributed by atoms with Gasteiger partial charge in [0.2, 0.25) is 0 Å². The number of hydrogen-bond acceptors (Lipinski definition) is 0. The Balaban J connectivity index is 1.85. The van der Waals surface area contributed by atoms with Crippen LogP contribution in [0.15, 0.2) is 114 Å². The molecule has 2 aromatic rings. The Hall–Kier alpha value is -2.86. The van der Waals surface area contributed by atoms with Crippen LogP contribution in [0.2, 0.25) is 0 Å². The van der Waals surface area contributed by atoms with E-state index in [0.717, 1.165) is 12.8 Å². The molecular weight excluding hydrogens is 324 g/mol. The summed E-state index contributed by atoms with van der Waals surface area (Å²) in [5.41, 5.74) is 7.00. The van der Waals surface area contributed by atoms with Crippen LogP contribution in [0, 0.1) is 5.92 Å². The third-order valence-electron chi connectivity index (χ3n) is 5.45. The molecule has 0 N–H and O–H groups in total. The van der Waals surface area contributed by atoms with E-state index < -0.39 is 0 Å². The van der Waals surface area contributed by atoms with Crippen LogP contribution in [-0.2, 0) is 0 Å². The average molecular weight is 351 g/mol. The zero-order valence-corrected chi connectivity index (χ0v) is 15.9. The maximum absolute atomic E-state index is 2.50. The van der Waals surface area contributed by atoms with E-state index in [-0.39, 0.29) is 0 Å². The number of allylic oxidation sites excluding steroid dienone is 10. The Morgan fingerprint density at radius 1 is 0.778 bits per heavy atom. The molecule has 2 aliphatic rings. The summed E-state index contributed by atoms with van der Waals surface area (Å²) in [6.07, 6.45) is 18.2. The molecule has 0 aromatic heterocycles. The standard InChI is InChI=1S/C27H26/c1-21-10-8-9-11-22-18-23(17-16-21)20-27(25-14-6-3-7-15-25)26(19-22)24-12-4-2-5-13-24/h2-17,20,23,26H,18-19H2,1H3/b9-8+,17-16-,21-10+,22-11-/t23-,26?/m0/s1. The van der Waals surface area contributed by atoms with Crippen LogP contribution in [0.1, 0.15) is 36.8 Å². The number of hydrogen-bond donors (Lipinski definition) is 0. The van der Waals surface area contributed by atoms with Crippen molar-refractivity contribution in [2.45, 2.75) is 25.7 Å². The maximum Gasteiger partial charge on any atom is 0.0130 e. The molecule has 0 fully saturated rings. The van der Waals surface area contributed by atoms with Gasteiger partial charge in [-0.1, -0.05) is 114 Å². The van der Waals surface area contributed by atoms with Gasteiger partial charge in [-0.05, 0) is 42.4 Å². The van der Waals surface area contributed by atoms with Crippen molar-refractivity contribution in [1.29, 1.82) is 0 Å². The topological polar surface area (TPSA) is 0 Å². The minimum Gasteiger partial charge on any atom is -0.0770 e. The summed E-state index contributed by atoms with van der Waals surface area (Å²) < 4.78 is 0. The van der Waals surface area contributed by atoms with E-state index in [1.165, 1.54) is 27.8 Å². The van der Waals surface area contributed by atoms with E-state index in [1.807, 2.05) is 0 Å². The van der Waals surface area contributed by atoms with Crippen LogP contribution >= 0.6 is 0 Å². The predicted octanol–water partition coefficient (Wildman–Crippen LogP) is 7.26. The summed E-state index contributed by atoms with van der Waals surface area (Å²) in [6.45, 7) is 2.17. The van der Waals surface area contributed by atoms with Crippen molar-refractivity contribution in [2.75, 3.05) is 0 Å². The highest BCUT2D eigenvalue weighted by molar-refractivity contribution is 5.73. The van der Waals surface area contributed by atoms with Crippen LogP contribution < -0.4 is 0 Å². The molecule has 2 aromatic carbocycles. The van der Waals surface area contributed by atoms with E-state index in [4.69, 9.17) is 0 Å². The third-order valence-corrected chi connectivity index (χ3v) is 5.45. The van der Waals surface area contributed by atoms with Crippen LogP contribution in [0.4, 0.5) is 0 Å². The summed E-state index contributed by atoms with van der Waals surface area (Å²) in [6, 6.07) is 21.9. The molecule has 2 bridgehead atoms. The molecule has 0 heteroatoms. The Labute approximate surface area is 163 Å². The highest BCUT2D eigenvalue weighted by atomic mass is 14.3. The molecule has 0 radical (unpaired) electrons. The molecule has 2 atom stereocenters. The van der Waals surface area contributed by atoms with Gasteiger partial charge in [0.25, 0.3) is 0 Å². The van der Waals surface area contributed by atoms with Crippen molar-refractivity contribution in [3.8, 4) is 0 Å². The Morgan fingerprint density at radius 2 is 1.48 bits per heavy atom. The minimum absolute atomic E-state index is 0.390. The molecule has 0 aliphatic heterocycles. The molecule has 2 aliphatic carbocycles. The van der Waals surface area contributed by atoms with E-state index in [2.05, 4.69) is 110 Å². The molecule has 0 spiro atoms. The fraction of sp³-hybridized carbons (Fsp3) is 0.185. The Kier molecular flexibility index (Phi) is 5.34. The van der Waals surface area contributed by atoms with E-state index >= 15 is 0 Å². The molecule has 0 nitrogen and oxygen atoms in total. The lowest BCUT2D eigenvalue weighted by Crippen LogP contribution is -2.02. The number of benzene rings is 2. The van der Waals surface area contributed by atoms with Crippen molar-refractivity contribution < 1.29 is 0 Å². The quantitative estimate of drug-likeness (QED) is 0.534. The fourth-order valence-electron chi connectivity index (χ4n) is 4.06. The first-order valence-electron chi connectivity index (χ1n) is 9.83. The molecule has 0 amide bonds. The summed E-state index contributed by atoms with van der Waals surface area (Å²) in [4.78, 5) is 0. The van der Waals surface area contributed by atoms with Crippen LogP contribution in [-0.4, -0.2) is 0 Å². The first-order chi connectivity index (χ1) is 13.3. The fourth-order valence-corrected chi connectivity index (χ4v) is 4.06. The van der Waals surface area contributed by atoms with Gasteiger partial charge in [0.1, 0.15) is 0 Å². The lowest BCUT2D eigenvalue weighted by molar-refractivity contribution is 0.755. The van der Waals surface area contributed by atoms with E-state index in [1.54, 1.807) is 0 Å². The van der Waals surface area contributed by atoms with Gasteiger partial charge in [-0.3, -0.25) is 0 Å². The summed E-state index contributed by atoms with van der Waals surface area (Å²) in [5.74, 6) is 0.816. The lowest BCUT2D eigenvalue weighted by atomic mass is 9.83. The van der Waals surface area contributed by atoms with Crippen molar-refractivity contribution in [3.05, 3.63) is 125 Å². The summed E-state index contributed by atoms with van der Waals surface area (Å²) >= 11 is 0.